The molecule has 2 aromatic carbocycles. The molecule has 0 spiro atoms. The third kappa shape index (κ3) is 4.31. The van der Waals surface area contributed by atoms with Crippen molar-refractivity contribution < 1.29 is 9.59 Å². The number of nitrogens with one attached hydrogen (secondary N) is 2. The van der Waals surface area contributed by atoms with Gasteiger partial charge in [-0.25, -0.2) is 4.68 Å². The number of amides is 2. The third-order valence-corrected chi connectivity index (χ3v) is 4.11. The van der Waals surface area contributed by atoms with Gasteiger partial charge in [-0.05, 0) is 65.4 Å². The second-order valence-electron chi connectivity index (χ2n) is 5.49. The minimum absolute atomic E-state index is 0.122. The van der Waals surface area contributed by atoms with E-state index in [1.807, 2.05) is 19.1 Å². The van der Waals surface area contributed by atoms with E-state index in [1.165, 1.54) is 11.0 Å². The molecule has 0 aliphatic rings. The van der Waals surface area contributed by atoms with Crippen molar-refractivity contribution in [2.75, 3.05) is 11.9 Å². The standard InChI is InChI=1S/C17H15BrN6O2/c1-11-8-13(18)4-7-15(11)21-16(25)9-19-17(26)12-2-5-14(6-3-12)24-10-20-22-23-24/h2-8,10H,9H2,1H3,(H,19,26)(H,21,25). The summed E-state index contributed by atoms with van der Waals surface area (Å²) in [5, 5.41) is 16.3. The molecule has 1 heterocycles. The van der Waals surface area contributed by atoms with Gasteiger partial charge in [0.1, 0.15) is 6.33 Å². The molecule has 0 aliphatic carbocycles. The van der Waals surface area contributed by atoms with Crippen LogP contribution in [0, 0.1) is 6.92 Å². The lowest BCUT2D eigenvalue weighted by atomic mass is 10.2. The van der Waals surface area contributed by atoms with Crippen molar-refractivity contribution in [1.29, 1.82) is 0 Å². The van der Waals surface area contributed by atoms with Crippen LogP contribution in [0.3, 0.4) is 0 Å². The van der Waals surface area contributed by atoms with Crippen LogP contribution in [0.4, 0.5) is 5.69 Å². The Morgan fingerprint density at radius 3 is 2.58 bits per heavy atom. The predicted molar refractivity (Wildman–Crippen MR) is 99.0 cm³/mol. The average Bonchev–Trinajstić information content (AvgIpc) is 3.17. The van der Waals surface area contributed by atoms with Crippen LogP contribution in [-0.2, 0) is 4.79 Å². The van der Waals surface area contributed by atoms with Gasteiger partial charge in [0, 0.05) is 15.7 Å². The SMILES string of the molecule is Cc1cc(Br)ccc1NC(=O)CNC(=O)c1ccc(-n2cnnn2)cc1. The number of rotatable bonds is 5. The molecule has 9 heteroatoms. The molecule has 0 radical (unpaired) electrons. The average molecular weight is 415 g/mol. The van der Waals surface area contributed by atoms with E-state index >= 15 is 0 Å². The maximum Gasteiger partial charge on any atom is 0.251 e. The second kappa shape index (κ2) is 7.87. The highest BCUT2D eigenvalue weighted by Crippen LogP contribution is 2.19. The number of hydrogen-bond acceptors (Lipinski definition) is 5. The van der Waals surface area contributed by atoms with Crippen molar-refractivity contribution in [3.63, 3.8) is 0 Å². The largest absolute Gasteiger partial charge is 0.343 e. The zero-order chi connectivity index (χ0) is 18.5. The Kier molecular flexibility index (Phi) is 5.37. The van der Waals surface area contributed by atoms with Crippen LogP contribution < -0.4 is 10.6 Å². The molecule has 0 saturated carbocycles. The molecule has 2 amide bonds. The van der Waals surface area contributed by atoms with E-state index in [0.717, 1.165) is 15.7 Å². The maximum atomic E-state index is 12.2. The minimum Gasteiger partial charge on any atom is -0.343 e. The first kappa shape index (κ1) is 17.7. The number of nitrogens with zero attached hydrogens (tertiary/aromatic N) is 4. The number of halogens is 1. The molecule has 0 bridgehead atoms. The van der Waals surface area contributed by atoms with Gasteiger partial charge in [0.2, 0.25) is 5.91 Å². The van der Waals surface area contributed by atoms with Gasteiger partial charge in [0.25, 0.3) is 5.91 Å². The molecule has 3 aromatic rings. The number of carbonyl (C=O) groups is 2. The van der Waals surface area contributed by atoms with E-state index in [4.69, 9.17) is 0 Å². The summed E-state index contributed by atoms with van der Waals surface area (Å²) in [6.07, 6.45) is 1.46. The first-order valence-electron chi connectivity index (χ1n) is 7.70. The number of hydrogen-bond donors (Lipinski definition) is 2. The fraction of sp³-hybridized carbons (Fsp3) is 0.118. The Morgan fingerprint density at radius 2 is 1.92 bits per heavy atom. The number of anilines is 1. The molecule has 0 saturated heterocycles. The first-order chi connectivity index (χ1) is 12.5. The van der Waals surface area contributed by atoms with Crippen molar-refractivity contribution in [3.05, 3.63) is 64.4 Å². The molecule has 1 aromatic heterocycles. The van der Waals surface area contributed by atoms with E-state index in [-0.39, 0.29) is 18.4 Å². The van der Waals surface area contributed by atoms with Crippen molar-refractivity contribution in [2.24, 2.45) is 0 Å². The molecule has 0 unspecified atom stereocenters. The molecular weight excluding hydrogens is 400 g/mol. The molecule has 132 valence electrons. The number of benzene rings is 2. The molecule has 3 rings (SSSR count). The van der Waals surface area contributed by atoms with E-state index < -0.39 is 0 Å². The Bertz CT molecular complexity index is 925. The van der Waals surface area contributed by atoms with E-state index in [2.05, 4.69) is 42.1 Å². The second-order valence-corrected chi connectivity index (χ2v) is 6.41. The van der Waals surface area contributed by atoms with Gasteiger partial charge in [-0.2, -0.15) is 0 Å². The Morgan fingerprint density at radius 1 is 1.15 bits per heavy atom. The summed E-state index contributed by atoms with van der Waals surface area (Å²) in [6, 6.07) is 12.3. The molecule has 0 fully saturated rings. The quantitative estimate of drug-likeness (QED) is 0.665. The van der Waals surface area contributed by atoms with Crippen LogP contribution in [0.25, 0.3) is 5.69 Å². The molecule has 0 atom stereocenters. The van der Waals surface area contributed by atoms with E-state index in [1.54, 1.807) is 30.3 Å². The molecule has 8 nitrogen and oxygen atoms in total. The Balaban J connectivity index is 1.55. The predicted octanol–water partition coefficient (Wildman–Crippen LogP) is 2.10. The van der Waals surface area contributed by atoms with Crippen LogP contribution in [0.15, 0.2) is 53.3 Å². The Hall–Kier alpha value is -3.07. The van der Waals surface area contributed by atoms with Gasteiger partial charge in [0.15, 0.2) is 0 Å². The van der Waals surface area contributed by atoms with Gasteiger partial charge in [-0.15, -0.1) is 5.10 Å². The highest BCUT2D eigenvalue weighted by atomic mass is 79.9. The third-order valence-electron chi connectivity index (χ3n) is 3.62. The van der Waals surface area contributed by atoms with E-state index in [0.29, 0.717) is 11.3 Å². The molecule has 26 heavy (non-hydrogen) atoms. The van der Waals surface area contributed by atoms with Crippen LogP contribution in [0.1, 0.15) is 15.9 Å². The van der Waals surface area contributed by atoms with Gasteiger partial charge in [-0.1, -0.05) is 15.9 Å². The summed E-state index contributed by atoms with van der Waals surface area (Å²) < 4.78 is 2.42. The monoisotopic (exact) mass is 414 g/mol. The lowest BCUT2D eigenvalue weighted by Gasteiger charge is -2.10. The number of aromatic nitrogens is 4. The van der Waals surface area contributed by atoms with Crippen LogP contribution in [0.5, 0.6) is 0 Å². The van der Waals surface area contributed by atoms with E-state index in [9.17, 15) is 9.59 Å². The van der Waals surface area contributed by atoms with Crippen LogP contribution in [-0.4, -0.2) is 38.6 Å². The van der Waals surface area contributed by atoms with Crippen LogP contribution >= 0.6 is 15.9 Å². The summed E-state index contributed by atoms with van der Waals surface area (Å²) >= 11 is 3.37. The summed E-state index contributed by atoms with van der Waals surface area (Å²) in [6.45, 7) is 1.77. The van der Waals surface area contributed by atoms with Crippen LogP contribution in [0.2, 0.25) is 0 Å². The smallest absolute Gasteiger partial charge is 0.251 e. The zero-order valence-corrected chi connectivity index (χ0v) is 15.4. The van der Waals surface area contributed by atoms with Crippen molar-refractivity contribution in [2.45, 2.75) is 6.92 Å². The highest BCUT2D eigenvalue weighted by Gasteiger charge is 2.10. The van der Waals surface area contributed by atoms with Gasteiger partial charge in [-0.3, -0.25) is 9.59 Å². The summed E-state index contributed by atoms with van der Waals surface area (Å²) in [5.74, 6) is -0.634. The molecule has 0 aliphatic heterocycles. The Labute approximate surface area is 157 Å². The first-order valence-corrected chi connectivity index (χ1v) is 8.50. The number of carbonyl (C=O) groups excluding carboxylic acids is 2. The van der Waals surface area contributed by atoms with Crippen molar-refractivity contribution in [1.82, 2.24) is 25.5 Å². The topological polar surface area (TPSA) is 102 Å². The summed E-state index contributed by atoms with van der Waals surface area (Å²) in [5.41, 5.74) is 2.81. The summed E-state index contributed by atoms with van der Waals surface area (Å²) in [7, 11) is 0. The maximum absolute atomic E-state index is 12.2. The summed E-state index contributed by atoms with van der Waals surface area (Å²) in [4.78, 5) is 24.2. The molecule has 2 N–H and O–H groups in total. The highest BCUT2D eigenvalue weighted by molar-refractivity contribution is 9.10. The van der Waals surface area contributed by atoms with Gasteiger partial charge in [0.05, 0.1) is 12.2 Å². The normalized spacial score (nSPS) is 10.4. The van der Waals surface area contributed by atoms with Gasteiger partial charge < -0.3 is 10.6 Å². The fourth-order valence-electron chi connectivity index (χ4n) is 2.27. The van der Waals surface area contributed by atoms with Gasteiger partial charge >= 0.3 is 0 Å². The zero-order valence-electron chi connectivity index (χ0n) is 13.8. The number of aryl methyl sites for hydroxylation is 1. The minimum atomic E-state index is -0.337. The van der Waals surface area contributed by atoms with Crippen molar-refractivity contribution in [3.8, 4) is 5.69 Å². The molecular formula is C17H15BrN6O2. The number of tetrazole rings is 1. The lowest BCUT2D eigenvalue weighted by Crippen LogP contribution is -2.33. The lowest BCUT2D eigenvalue weighted by molar-refractivity contribution is -0.115. The van der Waals surface area contributed by atoms with Crippen molar-refractivity contribution >= 4 is 33.4 Å². The fourth-order valence-corrected chi connectivity index (χ4v) is 2.75.